The van der Waals surface area contributed by atoms with Gasteiger partial charge in [-0.05, 0) is 45.2 Å². The fourth-order valence-electron chi connectivity index (χ4n) is 2.63. The van der Waals surface area contributed by atoms with Gasteiger partial charge >= 0.3 is 0 Å². The first-order chi connectivity index (χ1) is 12.6. The molecule has 7 heteroatoms. The van der Waals surface area contributed by atoms with Crippen molar-refractivity contribution in [3.63, 3.8) is 0 Å². The summed E-state index contributed by atoms with van der Waals surface area (Å²) in [4.78, 5) is 4.69. The van der Waals surface area contributed by atoms with E-state index in [1.54, 1.807) is 0 Å². The summed E-state index contributed by atoms with van der Waals surface area (Å²) in [5.41, 5.74) is 2.26. The van der Waals surface area contributed by atoms with Crippen molar-refractivity contribution in [3.8, 4) is 5.75 Å². The Kier molecular flexibility index (Phi) is 11.0. The molecule has 0 bridgehead atoms. The predicted octanol–water partition coefficient (Wildman–Crippen LogP) is 2.86. The highest BCUT2D eigenvalue weighted by atomic mass is 127. The lowest BCUT2D eigenvalue weighted by molar-refractivity contribution is 0.110. The zero-order valence-corrected chi connectivity index (χ0v) is 19.0. The number of rotatable bonds is 11. The average molecular weight is 491 g/mol. The van der Waals surface area contributed by atoms with Crippen LogP contribution in [0.25, 0.3) is 0 Å². The lowest BCUT2D eigenvalue weighted by Gasteiger charge is -2.17. The van der Waals surface area contributed by atoms with Gasteiger partial charge in [0.1, 0.15) is 12.4 Å². The van der Waals surface area contributed by atoms with Crippen LogP contribution in [-0.4, -0.2) is 50.6 Å². The lowest BCUT2D eigenvalue weighted by atomic mass is 10.1. The van der Waals surface area contributed by atoms with E-state index in [9.17, 15) is 5.11 Å². The van der Waals surface area contributed by atoms with Gasteiger partial charge in [0.2, 0.25) is 0 Å². The smallest absolute Gasteiger partial charge is 0.191 e. The van der Waals surface area contributed by atoms with E-state index in [4.69, 9.17) is 9.47 Å². The molecule has 0 heterocycles. The molecule has 1 aliphatic rings. The van der Waals surface area contributed by atoms with Gasteiger partial charge in [0, 0.05) is 30.7 Å². The van der Waals surface area contributed by atoms with Crippen LogP contribution in [0.2, 0.25) is 0 Å². The third-order valence-electron chi connectivity index (χ3n) is 4.59. The Labute approximate surface area is 180 Å². The Bertz CT molecular complexity index is 592. The number of nitrogens with one attached hydrogen (secondary N) is 2. The van der Waals surface area contributed by atoms with Crippen LogP contribution in [0.4, 0.5) is 0 Å². The third kappa shape index (κ3) is 8.23. The molecule has 1 aromatic rings. The molecule has 2 rings (SSSR count). The molecule has 0 aromatic heterocycles. The zero-order valence-electron chi connectivity index (χ0n) is 16.7. The van der Waals surface area contributed by atoms with E-state index in [1.807, 2.05) is 19.9 Å². The van der Waals surface area contributed by atoms with E-state index in [1.165, 1.54) is 0 Å². The van der Waals surface area contributed by atoms with E-state index in [2.05, 4.69) is 34.7 Å². The number of aliphatic hydroxyl groups is 1. The molecule has 0 aliphatic heterocycles. The molecule has 27 heavy (non-hydrogen) atoms. The minimum atomic E-state index is 0. The predicted molar refractivity (Wildman–Crippen MR) is 120 cm³/mol. The first kappa shape index (κ1) is 24.0. The molecule has 154 valence electrons. The van der Waals surface area contributed by atoms with E-state index in [0.717, 1.165) is 48.8 Å². The van der Waals surface area contributed by atoms with Gasteiger partial charge in [-0.25, -0.2) is 4.99 Å². The summed E-state index contributed by atoms with van der Waals surface area (Å²) in [6.07, 6.45) is 2.15. The molecule has 1 aromatic carbocycles. The second-order valence-electron chi connectivity index (χ2n) is 6.86. The summed E-state index contributed by atoms with van der Waals surface area (Å²) >= 11 is 0. The maximum atomic E-state index is 9.46. The van der Waals surface area contributed by atoms with Gasteiger partial charge in [0.25, 0.3) is 0 Å². The molecule has 1 aliphatic carbocycles. The largest absolute Gasteiger partial charge is 0.491 e. The fraction of sp³-hybridized carbons (Fsp3) is 0.650. The first-order valence-electron chi connectivity index (χ1n) is 9.55. The van der Waals surface area contributed by atoms with Crippen LogP contribution in [0.3, 0.4) is 0 Å². The van der Waals surface area contributed by atoms with Crippen molar-refractivity contribution in [2.75, 3.05) is 39.5 Å². The highest BCUT2D eigenvalue weighted by molar-refractivity contribution is 14.0. The summed E-state index contributed by atoms with van der Waals surface area (Å²) in [7, 11) is 0. The SMILES string of the molecule is CCNC(=NCc1ccc(C)cc1OCCOCC)NCC1(CO)CC1.I. The van der Waals surface area contributed by atoms with Crippen molar-refractivity contribution in [1.82, 2.24) is 10.6 Å². The summed E-state index contributed by atoms with van der Waals surface area (Å²) in [5, 5.41) is 16.1. The summed E-state index contributed by atoms with van der Waals surface area (Å²) in [6, 6.07) is 6.18. The number of hydrogen-bond donors (Lipinski definition) is 3. The summed E-state index contributed by atoms with van der Waals surface area (Å²) in [6.45, 7) is 10.2. The minimum Gasteiger partial charge on any atom is -0.491 e. The van der Waals surface area contributed by atoms with Crippen LogP contribution < -0.4 is 15.4 Å². The second kappa shape index (κ2) is 12.4. The van der Waals surface area contributed by atoms with Crippen molar-refractivity contribution in [3.05, 3.63) is 29.3 Å². The molecule has 1 saturated carbocycles. The molecular formula is C20H34IN3O3. The molecule has 6 nitrogen and oxygen atoms in total. The molecule has 0 radical (unpaired) electrons. The molecule has 0 unspecified atom stereocenters. The van der Waals surface area contributed by atoms with E-state index < -0.39 is 0 Å². The van der Waals surface area contributed by atoms with Gasteiger partial charge in [-0.2, -0.15) is 0 Å². The van der Waals surface area contributed by atoms with Crippen LogP contribution in [0.15, 0.2) is 23.2 Å². The Morgan fingerprint density at radius 1 is 1.22 bits per heavy atom. The molecule has 1 fully saturated rings. The van der Waals surface area contributed by atoms with Crippen LogP contribution in [-0.2, 0) is 11.3 Å². The number of aliphatic imine (C=N–C) groups is 1. The normalized spacial score (nSPS) is 15.0. The second-order valence-corrected chi connectivity index (χ2v) is 6.86. The van der Waals surface area contributed by atoms with Crippen molar-refractivity contribution in [2.24, 2.45) is 10.4 Å². The van der Waals surface area contributed by atoms with Crippen molar-refractivity contribution in [2.45, 2.75) is 40.2 Å². The molecule has 3 N–H and O–H groups in total. The molecule has 0 saturated heterocycles. The number of nitrogens with zero attached hydrogens (tertiary/aromatic N) is 1. The monoisotopic (exact) mass is 491 g/mol. The van der Waals surface area contributed by atoms with E-state index in [0.29, 0.717) is 26.4 Å². The van der Waals surface area contributed by atoms with E-state index >= 15 is 0 Å². The fourth-order valence-corrected chi connectivity index (χ4v) is 2.63. The van der Waals surface area contributed by atoms with Crippen LogP contribution in [0.5, 0.6) is 5.75 Å². The lowest BCUT2D eigenvalue weighted by Crippen LogP contribution is -2.41. The van der Waals surface area contributed by atoms with Crippen LogP contribution in [0.1, 0.15) is 37.8 Å². The standard InChI is InChI=1S/C20H33N3O3.HI/c1-4-21-19(23-14-20(15-24)8-9-20)22-13-17-7-6-16(3)12-18(17)26-11-10-25-5-2;/h6-7,12,24H,4-5,8-11,13-15H2,1-3H3,(H2,21,22,23);1H. The van der Waals surface area contributed by atoms with Crippen molar-refractivity contribution in [1.29, 1.82) is 0 Å². The summed E-state index contributed by atoms with van der Waals surface area (Å²) < 4.78 is 11.2. The number of benzene rings is 1. The molecule has 0 atom stereocenters. The Morgan fingerprint density at radius 2 is 2.00 bits per heavy atom. The third-order valence-corrected chi connectivity index (χ3v) is 4.59. The summed E-state index contributed by atoms with van der Waals surface area (Å²) in [5.74, 6) is 1.63. The quantitative estimate of drug-likeness (QED) is 0.192. The number of aryl methyl sites for hydroxylation is 1. The van der Waals surface area contributed by atoms with Gasteiger partial charge in [-0.1, -0.05) is 12.1 Å². The number of guanidine groups is 1. The molecular weight excluding hydrogens is 457 g/mol. The van der Waals surface area contributed by atoms with Crippen molar-refractivity contribution >= 4 is 29.9 Å². The Balaban J connectivity index is 0.00000364. The van der Waals surface area contributed by atoms with Crippen LogP contribution in [0, 0.1) is 12.3 Å². The van der Waals surface area contributed by atoms with Gasteiger partial charge in [0.15, 0.2) is 5.96 Å². The molecule has 0 amide bonds. The minimum absolute atomic E-state index is 0. The highest BCUT2D eigenvalue weighted by Crippen LogP contribution is 2.44. The van der Waals surface area contributed by atoms with Gasteiger partial charge in [0.05, 0.1) is 19.8 Å². The maximum absolute atomic E-state index is 9.46. The topological polar surface area (TPSA) is 75.1 Å². The number of ether oxygens (including phenoxy) is 2. The first-order valence-corrected chi connectivity index (χ1v) is 9.55. The number of halogens is 1. The van der Waals surface area contributed by atoms with Gasteiger partial charge in [-0.15, -0.1) is 24.0 Å². The van der Waals surface area contributed by atoms with Gasteiger partial charge in [-0.3, -0.25) is 0 Å². The van der Waals surface area contributed by atoms with Gasteiger partial charge < -0.3 is 25.2 Å². The van der Waals surface area contributed by atoms with E-state index in [-0.39, 0.29) is 36.0 Å². The number of aliphatic hydroxyl groups excluding tert-OH is 1. The Morgan fingerprint density at radius 3 is 2.63 bits per heavy atom. The Hall–Kier alpha value is -1.06. The average Bonchev–Trinajstić information content (AvgIpc) is 3.43. The maximum Gasteiger partial charge on any atom is 0.191 e. The molecule has 0 spiro atoms. The van der Waals surface area contributed by atoms with Crippen molar-refractivity contribution < 1.29 is 14.6 Å². The highest BCUT2D eigenvalue weighted by Gasteiger charge is 2.41. The van der Waals surface area contributed by atoms with Crippen LogP contribution >= 0.6 is 24.0 Å². The zero-order chi connectivity index (χ0) is 18.8. The number of hydrogen-bond acceptors (Lipinski definition) is 4.